The van der Waals surface area contributed by atoms with Crippen molar-refractivity contribution in [3.05, 3.63) is 0 Å². The lowest BCUT2D eigenvalue weighted by Crippen LogP contribution is -2.54. The first kappa shape index (κ1) is 26.4. The summed E-state index contributed by atoms with van der Waals surface area (Å²) < 4.78 is 5.53. The molecule has 3 N–H and O–H groups in total. The van der Waals surface area contributed by atoms with Gasteiger partial charge in [-0.2, -0.15) is 0 Å². The molecule has 0 saturated carbocycles. The molecule has 170 valence electrons. The van der Waals surface area contributed by atoms with Gasteiger partial charge in [0, 0.05) is 57.9 Å². The number of amides is 1. The van der Waals surface area contributed by atoms with Gasteiger partial charge in [-0.05, 0) is 33.1 Å². The molecule has 2 atom stereocenters. The average molecular weight is 524 g/mol. The van der Waals surface area contributed by atoms with Crippen LogP contribution in [0.5, 0.6) is 0 Å². The van der Waals surface area contributed by atoms with E-state index in [9.17, 15) is 4.79 Å². The molecule has 2 fully saturated rings. The molecule has 9 heteroatoms. The number of guanidine groups is 1. The number of piperidine rings is 1. The summed E-state index contributed by atoms with van der Waals surface area (Å²) in [6.07, 6.45) is 3.03. The van der Waals surface area contributed by atoms with Crippen molar-refractivity contribution in [2.45, 2.75) is 58.2 Å². The molecule has 8 nitrogen and oxygen atoms in total. The van der Waals surface area contributed by atoms with Crippen molar-refractivity contribution in [2.75, 3.05) is 59.5 Å². The van der Waals surface area contributed by atoms with E-state index < -0.39 is 0 Å². The third-order valence-corrected chi connectivity index (χ3v) is 5.64. The number of likely N-dealkylation sites (tertiary alicyclic amines) is 1. The lowest BCUT2D eigenvalue weighted by atomic mass is 10.1. The molecule has 29 heavy (non-hydrogen) atoms. The fourth-order valence-corrected chi connectivity index (χ4v) is 3.90. The number of ether oxygens (including phenoxy) is 1. The van der Waals surface area contributed by atoms with Crippen LogP contribution in [0.4, 0.5) is 0 Å². The van der Waals surface area contributed by atoms with Crippen molar-refractivity contribution in [3.8, 4) is 0 Å². The van der Waals surface area contributed by atoms with Gasteiger partial charge < -0.3 is 20.7 Å². The molecule has 0 aromatic rings. The van der Waals surface area contributed by atoms with Crippen molar-refractivity contribution in [3.63, 3.8) is 0 Å². The van der Waals surface area contributed by atoms with Crippen LogP contribution in [0.3, 0.4) is 0 Å². The summed E-state index contributed by atoms with van der Waals surface area (Å²) in [6, 6.07) is 1.29. The second-order valence-electron chi connectivity index (χ2n) is 8.01. The predicted molar refractivity (Wildman–Crippen MR) is 129 cm³/mol. The summed E-state index contributed by atoms with van der Waals surface area (Å²) >= 11 is 0. The highest BCUT2D eigenvalue weighted by Gasteiger charge is 2.24. The SMILES string of the molecule is CCCNC(=O)CN1CCC(NC(=NC)NCC(C)N2CCOCC2C)CC1.I. The van der Waals surface area contributed by atoms with Crippen LogP contribution in [0.2, 0.25) is 0 Å². The lowest BCUT2D eigenvalue weighted by molar-refractivity contribution is -0.122. The minimum Gasteiger partial charge on any atom is -0.379 e. The topological polar surface area (TPSA) is 81.2 Å². The maximum atomic E-state index is 11.9. The molecule has 2 unspecified atom stereocenters. The van der Waals surface area contributed by atoms with Crippen molar-refractivity contribution in [1.29, 1.82) is 0 Å². The third kappa shape index (κ3) is 9.35. The van der Waals surface area contributed by atoms with Gasteiger partial charge in [0.2, 0.25) is 5.91 Å². The number of halogens is 1. The number of hydrogen-bond donors (Lipinski definition) is 3. The van der Waals surface area contributed by atoms with Gasteiger partial charge in [0.25, 0.3) is 0 Å². The van der Waals surface area contributed by atoms with Gasteiger partial charge in [-0.15, -0.1) is 24.0 Å². The Morgan fingerprint density at radius 2 is 1.97 bits per heavy atom. The van der Waals surface area contributed by atoms with Crippen LogP contribution in [0.25, 0.3) is 0 Å². The molecule has 0 radical (unpaired) electrons. The van der Waals surface area contributed by atoms with Gasteiger partial charge >= 0.3 is 0 Å². The molecule has 0 aromatic carbocycles. The van der Waals surface area contributed by atoms with Gasteiger partial charge in [-0.1, -0.05) is 6.92 Å². The number of nitrogens with one attached hydrogen (secondary N) is 3. The standard InChI is InChI=1S/C20H40N6O2.HI/c1-5-8-22-19(27)14-25-9-6-18(7-10-25)24-20(21-4)23-13-16(2)26-11-12-28-15-17(26)3;/h16-18H,5-15H2,1-4H3,(H,22,27)(H2,21,23,24);1H. The highest BCUT2D eigenvalue weighted by atomic mass is 127. The van der Waals surface area contributed by atoms with Crippen LogP contribution in [0.1, 0.15) is 40.0 Å². The smallest absolute Gasteiger partial charge is 0.234 e. The van der Waals surface area contributed by atoms with E-state index in [-0.39, 0.29) is 29.9 Å². The highest BCUT2D eigenvalue weighted by molar-refractivity contribution is 14.0. The van der Waals surface area contributed by atoms with Crippen LogP contribution < -0.4 is 16.0 Å². The number of nitrogens with zero attached hydrogens (tertiary/aromatic N) is 3. The zero-order valence-electron chi connectivity index (χ0n) is 18.6. The quantitative estimate of drug-likeness (QED) is 0.249. The number of rotatable bonds is 8. The molecule has 0 aliphatic carbocycles. The number of carbonyl (C=O) groups is 1. The summed E-state index contributed by atoms with van der Waals surface area (Å²) in [7, 11) is 1.82. The molecule has 2 aliphatic heterocycles. The molecule has 0 aromatic heterocycles. The van der Waals surface area contributed by atoms with E-state index in [1.54, 1.807) is 0 Å². The summed E-state index contributed by atoms with van der Waals surface area (Å²) in [6.45, 7) is 13.2. The van der Waals surface area contributed by atoms with Gasteiger partial charge in [0.05, 0.1) is 19.8 Å². The Bertz CT molecular complexity index is 499. The minimum absolute atomic E-state index is 0. The predicted octanol–water partition coefficient (Wildman–Crippen LogP) is 0.869. The molecular formula is C20H41IN6O2. The summed E-state index contributed by atoms with van der Waals surface area (Å²) in [5.41, 5.74) is 0. The Morgan fingerprint density at radius 3 is 2.59 bits per heavy atom. The van der Waals surface area contributed by atoms with E-state index in [4.69, 9.17) is 4.74 Å². The van der Waals surface area contributed by atoms with E-state index in [0.717, 1.165) is 71.2 Å². The van der Waals surface area contributed by atoms with E-state index in [0.29, 0.717) is 24.7 Å². The lowest BCUT2D eigenvalue weighted by Gasteiger charge is -2.38. The monoisotopic (exact) mass is 524 g/mol. The van der Waals surface area contributed by atoms with Gasteiger partial charge in [0.1, 0.15) is 0 Å². The van der Waals surface area contributed by atoms with E-state index in [1.807, 2.05) is 7.05 Å². The van der Waals surface area contributed by atoms with Crippen molar-refractivity contribution >= 4 is 35.8 Å². The van der Waals surface area contributed by atoms with Crippen LogP contribution >= 0.6 is 24.0 Å². The highest BCUT2D eigenvalue weighted by Crippen LogP contribution is 2.11. The van der Waals surface area contributed by atoms with Gasteiger partial charge in [-0.25, -0.2) is 0 Å². The first-order chi connectivity index (χ1) is 13.5. The van der Waals surface area contributed by atoms with E-state index in [2.05, 4.69) is 51.5 Å². The first-order valence-corrected chi connectivity index (χ1v) is 10.8. The van der Waals surface area contributed by atoms with Crippen molar-refractivity contribution in [1.82, 2.24) is 25.8 Å². The molecule has 0 spiro atoms. The van der Waals surface area contributed by atoms with Crippen LogP contribution in [-0.2, 0) is 9.53 Å². The molecule has 0 bridgehead atoms. The summed E-state index contributed by atoms with van der Waals surface area (Å²) in [5.74, 6) is 1.00. The Hall–Kier alpha value is -0.650. The van der Waals surface area contributed by atoms with Gasteiger partial charge in [-0.3, -0.25) is 19.6 Å². The maximum Gasteiger partial charge on any atom is 0.234 e. The molecular weight excluding hydrogens is 483 g/mol. The minimum atomic E-state index is 0. The fourth-order valence-electron chi connectivity index (χ4n) is 3.90. The zero-order valence-corrected chi connectivity index (χ0v) is 20.9. The number of morpholine rings is 1. The molecule has 2 saturated heterocycles. The number of hydrogen-bond acceptors (Lipinski definition) is 5. The molecule has 2 aliphatic rings. The van der Waals surface area contributed by atoms with Crippen molar-refractivity contribution < 1.29 is 9.53 Å². The molecule has 2 heterocycles. The van der Waals surface area contributed by atoms with Crippen molar-refractivity contribution in [2.24, 2.45) is 4.99 Å². The number of aliphatic imine (C=N–C) groups is 1. The second-order valence-corrected chi connectivity index (χ2v) is 8.01. The average Bonchev–Trinajstić information content (AvgIpc) is 2.71. The third-order valence-electron chi connectivity index (χ3n) is 5.64. The summed E-state index contributed by atoms with van der Waals surface area (Å²) in [4.78, 5) is 21.0. The fraction of sp³-hybridized carbons (Fsp3) is 0.900. The summed E-state index contributed by atoms with van der Waals surface area (Å²) in [5, 5.41) is 9.98. The first-order valence-electron chi connectivity index (χ1n) is 10.8. The normalized spacial score (nSPS) is 23.2. The maximum absolute atomic E-state index is 11.9. The number of carbonyl (C=O) groups excluding carboxylic acids is 1. The van der Waals surface area contributed by atoms with Crippen LogP contribution in [-0.4, -0.2) is 99.3 Å². The Balaban J connectivity index is 0.00000420. The molecule has 1 amide bonds. The van der Waals surface area contributed by atoms with Crippen LogP contribution in [0, 0.1) is 0 Å². The Labute approximate surface area is 193 Å². The Kier molecular flexibility index (Phi) is 13.1. The van der Waals surface area contributed by atoms with E-state index >= 15 is 0 Å². The molecule has 2 rings (SSSR count). The van der Waals surface area contributed by atoms with Gasteiger partial charge in [0.15, 0.2) is 5.96 Å². The zero-order chi connectivity index (χ0) is 20.4. The van der Waals surface area contributed by atoms with Crippen LogP contribution in [0.15, 0.2) is 4.99 Å². The van der Waals surface area contributed by atoms with E-state index in [1.165, 1.54) is 0 Å². The Morgan fingerprint density at radius 1 is 1.24 bits per heavy atom. The largest absolute Gasteiger partial charge is 0.379 e. The second kappa shape index (κ2) is 14.4.